The fourth-order valence-electron chi connectivity index (χ4n) is 3.83. The molecule has 2 aliphatic rings. The summed E-state index contributed by atoms with van der Waals surface area (Å²) in [4.78, 5) is 0. The van der Waals surface area contributed by atoms with Gasteiger partial charge in [0.25, 0.3) is 0 Å². The van der Waals surface area contributed by atoms with Gasteiger partial charge in [-0.15, -0.1) is 0 Å². The van der Waals surface area contributed by atoms with Gasteiger partial charge in [0, 0.05) is 16.5 Å². The zero-order valence-corrected chi connectivity index (χ0v) is 16.0. The number of hydrogen-bond acceptors (Lipinski definition) is 3. The Hall–Kier alpha value is -2.00. The summed E-state index contributed by atoms with van der Waals surface area (Å²) in [7, 11) is 3.40. The van der Waals surface area contributed by atoms with Crippen molar-refractivity contribution in [1.29, 1.82) is 0 Å². The number of methoxy groups -OCH3 is 2. The molecule has 1 N–H and O–H groups in total. The zero-order valence-electron chi connectivity index (χ0n) is 16.0. The molecule has 2 aliphatic carbocycles. The predicted molar refractivity (Wildman–Crippen MR) is 102 cm³/mol. The van der Waals surface area contributed by atoms with Crippen molar-refractivity contribution in [2.45, 2.75) is 46.1 Å². The molecule has 134 valence electrons. The number of ether oxygens (including phenoxy) is 2. The second kappa shape index (κ2) is 6.38. The first-order valence-corrected chi connectivity index (χ1v) is 8.88. The Morgan fingerprint density at radius 1 is 1.16 bits per heavy atom. The number of allylic oxidation sites excluding steroid dienone is 3. The lowest BCUT2D eigenvalue weighted by molar-refractivity contribution is 0.116. The Labute approximate surface area is 150 Å². The third-order valence-corrected chi connectivity index (χ3v) is 5.45. The van der Waals surface area contributed by atoms with Gasteiger partial charge in [-0.05, 0) is 35.1 Å². The van der Waals surface area contributed by atoms with Crippen LogP contribution in [-0.2, 0) is 6.42 Å². The lowest BCUT2D eigenvalue weighted by Crippen LogP contribution is -2.32. The van der Waals surface area contributed by atoms with Crippen molar-refractivity contribution in [2.75, 3.05) is 14.2 Å². The van der Waals surface area contributed by atoms with Gasteiger partial charge in [-0.1, -0.05) is 52.0 Å². The largest absolute Gasteiger partial charge is 0.493 e. The van der Waals surface area contributed by atoms with Crippen LogP contribution in [0.3, 0.4) is 0 Å². The van der Waals surface area contributed by atoms with E-state index in [9.17, 15) is 5.11 Å². The van der Waals surface area contributed by atoms with Crippen LogP contribution < -0.4 is 9.47 Å². The van der Waals surface area contributed by atoms with Crippen molar-refractivity contribution in [2.24, 2.45) is 5.41 Å². The van der Waals surface area contributed by atoms with Crippen molar-refractivity contribution in [1.82, 2.24) is 0 Å². The average Bonchev–Trinajstić information content (AvgIpc) is 2.76. The van der Waals surface area contributed by atoms with Gasteiger partial charge in [0.15, 0.2) is 11.5 Å². The molecule has 3 rings (SSSR count). The first-order valence-electron chi connectivity index (χ1n) is 8.88. The smallest absolute Gasteiger partial charge is 0.168 e. The van der Waals surface area contributed by atoms with Crippen LogP contribution in [0.4, 0.5) is 0 Å². The Balaban J connectivity index is 2.26. The van der Waals surface area contributed by atoms with Crippen LogP contribution in [0.1, 0.15) is 50.3 Å². The number of rotatable bonds is 3. The van der Waals surface area contributed by atoms with Gasteiger partial charge < -0.3 is 14.6 Å². The summed E-state index contributed by atoms with van der Waals surface area (Å²) >= 11 is 0. The Morgan fingerprint density at radius 3 is 2.44 bits per heavy atom. The lowest BCUT2D eigenvalue weighted by Gasteiger charge is -2.35. The molecule has 0 heterocycles. The molecule has 1 aromatic carbocycles. The zero-order chi connectivity index (χ0) is 18.4. The van der Waals surface area contributed by atoms with E-state index in [-0.39, 0.29) is 5.41 Å². The summed E-state index contributed by atoms with van der Waals surface area (Å²) in [6, 6.07) is 2.24. The molecule has 0 fully saturated rings. The highest BCUT2D eigenvalue weighted by Gasteiger charge is 2.35. The molecule has 0 amide bonds. The quantitative estimate of drug-likeness (QED) is 0.870. The van der Waals surface area contributed by atoms with Gasteiger partial charge in [0.1, 0.15) is 0 Å². The van der Waals surface area contributed by atoms with E-state index in [1.54, 1.807) is 14.2 Å². The topological polar surface area (TPSA) is 38.7 Å². The molecule has 0 bridgehead atoms. The molecule has 0 spiro atoms. The van der Waals surface area contributed by atoms with Crippen LogP contribution in [0.5, 0.6) is 11.5 Å². The SMILES string of the molecule is COc1c(C(C)C)cc2c(c1OC)C=C1C=CC(O)C(C)(C)C1=CC2. The van der Waals surface area contributed by atoms with Crippen LogP contribution in [0.25, 0.3) is 6.08 Å². The molecular formula is C22H28O3. The van der Waals surface area contributed by atoms with E-state index in [4.69, 9.17) is 9.47 Å². The van der Waals surface area contributed by atoms with Gasteiger partial charge >= 0.3 is 0 Å². The first-order chi connectivity index (χ1) is 11.8. The number of aliphatic hydroxyl groups excluding tert-OH is 1. The fraction of sp³-hybridized carbons (Fsp3) is 0.455. The third-order valence-electron chi connectivity index (χ3n) is 5.45. The van der Waals surface area contributed by atoms with Crippen LogP contribution in [0, 0.1) is 5.41 Å². The van der Waals surface area contributed by atoms with Crippen molar-refractivity contribution in [3.8, 4) is 11.5 Å². The number of aliphatic hydroxyl groups is 1. The maximum absolute atomic E-state index is 10.4. The highest BCUT2D eigenvalue weighted by molar-refractivity contribution is 5.76. The number of fused-ring (bicyclic) bond motifs is 2. The molecule has 0 aliphatic heterocycles. The molecule has 0 aromatic heterocycles. The summed E-state index contributed by atoms with van der Waals surface area (Å²) in [5.41, 5.74) is 5.48. The van der Waals surface area contributed by atoms with E-state index in [0.717, 1.165) is 34.6 Å². The van der Waals surface area contributed by atoms with Crippen molar-refractivity contribution in [3.05, 3.63) is 52.1 Å². The monoisotopic (exact) mass is 340 g/mol. The molecule has 0 saturated heterocycles. The van der Waals surface area contributed by atoms with E-state index in [1.807, 2.05) is 12.2 Å². The highest BCUT2D eigenvalue weighted by atomic mass is 16.5. The minimum absolute atomic E-state index is 0.305. The normalized spacial score (nSPS) is 21.0. The summed E-state index contributed by atoms with van der Waals surface area (Å²) < 4.78 is 11.5. The van der Waals surface area contributed by atoms with Crippen molar-refractivity contribution in [3.63, 3.8) is 0 Å². The Morgan fingerprint density at radius 2 is 1.84 bits per heavy atom. The third kappa shape index (κ3) is 2.81. The predicted octanol–water partition coefficient (Wildman–Crippen LogP) is 4.65. The van der Waals surface area contributed by atoms with Gasteiger partial charge in [0.2, 0.25) is 0 Å². The molecule has 25 heavy (non-hydrogen) atoms. The standard InChI is InChI=1S/C22H28O3/c1-13(2)16-11-14-7-9-18-15(8-10-19(23)22(18,3)4)12-17(14)21(25-6)20(16)24-5/h8-13,19,23H,7H2,1-6H3. The van der Waals surface area contributed by atoms with Crippen LogP contribution in [-0.4, -0.2) is 25.4 Å². The maximum atomic E-state index is 10.4. The summed E-state index contributed by atoms with van der Waals surface area (Å²) in [5.74, 6) is 1.96. The summed E-state index contributed by atoms with van der Waals surface area (Å²) in [6.45, 7) is 8.51. The average molecular weight is 340 g/mol. The van der Waals surface area contributed by atoms with Crippen LogP contribution >= 0.6 is 0 Å². The van der Waals surface area contributed by atoms with E-state index in [2.05, 4.69) is 45.9 Å². The molecular weight excluding hydrogens is 312 g/mol. The van der Waals surface area contributed by atoms with E-state index in [0.29, 0.717) is 5.92 Å². The van der Waals surface area contributed by atoms with Crippen molar-refractivity contribution >= 4 is 6.08 Å². The van der Waals surface area contributed by atoms with E-state index < -0.39 is 6.10 Å². The maximum Gasteiger partial charge on any atom is 0.168 e. The lowest BCUT2D eigenvalue weighted by atomic mass is 9.72. The second-order valence-corrected chi connectivity index (χ2v) is 7.71. The Bertz CT molecular complexity index is 779. The van der Waals surface area contributed by atoms with Crippen LogP contribution in [0.15, 0.2) is 35.4 Å². The highest BCUT2D eigenvalue weighted by Crippen LogP contribution is 2.47. The number of hydrogen-bond donors (Lipinski definition) is 1. The molecule has 3 nitrogen and oxygen atoms in total. The minimum Gasteiger partial charge on any atom is -0.493 e. The summed E-state index contributed by atoms with van der Waals surface area (Å²) in [5, 5.41) is 10.4. The van der Waals surface area contributed by atoms with Crippen molar-refractivity contribution < 1.29 is 14.6 Å². The van der Waals surface area contributed by atoms with Gasteiger partial charge in [-0.3, -0.25) is 0 Å². The Kier molecular flexibility index (Phi) is 4.54. The molecule has 1 atom stereocenters. The van der Waals surface area contributed by atoms with Gasteiger partial charge in [0.05, 0.1) is 20.3 Å². The molecule has 1 unspecified atom stereocenters. The van der Waals surface area contributed by atoms with Gasteiger partial charge in [-0.25, -0.2) is 0 Å². The number of benzene rings is 1. The molecule has 0 saturated carbocycles. The molecule has 0 radical (unpaired) electrons. The van der Waals surface area contributed by atoms with E-state index >= 15 is 0 Å². The van der Waals surface area contributed by atoms with Crippen LogP contribution in [0.2, 0.25) is 0 Å². The molecule has 3 heteroatoms. The molecule has 1 aromatic rings. The van der Waals surface area contributed by atoms with Gasteiger partial charge in [-0.2, -0.15) is 0 Å². The van der Waals surface area contributed by atoms with E-state index in [1.165, 1.54) is 11.1 Å². The first kappa shape index (κ1) is 17.8. The summed E-state index contributed by atoms with van der Waals surface area (Å²) in [6.07, 6.45) is 8.65. The second-order valence-electron chi connectivity index (χ2n) is 7.71. The minimum atomic E-state index is -0.472. The fourth-order valence-corrected chi connectivity index (χ4v) is 3.83.